The zero-order valence-electron chi connectivity index (χ0n) is 11.7. The van der Waals surface area contributed by atoms with E-state index in [1.807, 2.05) is 18.2 Å². The number of pyridine rings is 1. The van der Waals surface area contributed by atoms with Crippen molar-refractivity contribution in [1.82, 2.24) is 9.97 Å². The summed E-state index contributed by atoms with van der Waals surface area (Å²) in [5.74, 6) is 0. The Bertz CT molecular complexity index is 693. The Kier molecular flexibility index (Phi) is 4.38. The van der Waals surface area contributed by atoms with Gasteiger partial charge in [-0.15, -0.1) is 11.3 Å². The quantitative estimate of drug-likeness (QED) is 0.785. The van der Waals surface area contributed by atoms with E-state index in [4.69, 9.17) is 10.7 Å². The zero-order chi connectivity index (χ0) is 14.5. The van der Waals surface area contributed by atoms with Crippen LogP contribution >= 0.6 is 11.3 Å². The first-order valence-corrected chi connectivity index (χ1v) is 7.81. The van der Waals surface area contributed by atoms with E-state index in [9.17, 15) is 0 Å². The maximum absolute atomic E-state index is 5.74. The van der Waals surface area contributed by atoms with Gasteiger partial charge in [0.25, 0.3) is 0 Å². The van der Waals surface area contributed by atoms with E-state index >= 15 is 0 Å². The third-order valence-electron chi connectivity index (χ3n) is 3.26. The molecule has 4 heteroatoms. The summed E-state index contributed by atoms with van der Waals surface area (Å²) >= 11 is 1.76. The summed E-state index contributed by atoms with van der Waals surface area (Å²) in [4.78, 5) is 10.2. The molecule has 1 aromatic carbocycles. The lowest BCUT2D eigenvalue weighted by Gasteiger charge is -1.99. The molecule has 0 radical (unpaired) electrons. The number of rotatable bonds is 5. The van der Waals surface area contributed by atoms with Gasteiger partial charge in [0, 0.05) is 29.3 Å². The topological polar surface area (TPSA) is 51.8 Å². The molecular weight excluding hydrogens is 278 g/mol. The van der Waals surface area contributed by atoms with Crippen molar-refractivity contribution >= 4 is 11.3 Å². The molecule has 3 aromatic rings. The van der Waals surface area contributed by atoms with E-state index < -0.39 is 0 Å². The van der Waals surface area contributed by atoms with Crippen molar-refractivity contribution in [1.29, 1.82) is 0 Å². The van der Waals surface area contributed by atoms with Gasteiger partial charge in [0.2, 0.25) is 0 Å². The van der Waals surface area contributed by atoms with Crippen molar-refractivity contribution in [2.24, 2.45) is 5.73 Å². The van der Waals surface area contributed by atoms with Crippen LogP contribution in [-0.4, -0.2) is 16.5 Å². The molecule has 0 atom stereocenters. The molecule has 0 unspecified atom stereocenters. The maximum Gasteiger partial charge on any atom is 0.0979 e. The summed E-state index contributed by atoms with van der Waals surface area (Å²) in [7, 11) is 0. The van der Waals surface area contributed by atoms with Crippen LogP contribution in [0.1, 0.15) is 15.4 Å². The van der Waals surface area contributed by atoms with Gasteiger partial charge in [-0.2, -0.15) is 0 Å². The Balaban J connectivity index is 1.93. The maximum atomic E-state index is 5.74. The summed E-state index contributed by atoms with van der Waals surface area (Å²) in [6.45, 7) is 0.644. The SMILES string of the molecule is NCCc1sc(Cc2ccccc2)nc1-c1ccncc1. The Morgan fingerprint density at radius 3 is 2.48 bits per heavy atom. The predicted octanol–water partition coefficient (Wildman–Crippen LogP) is 3.30. The van der Waals surface area contributed by atoms with Crippen LogP contribution in [0.5, 0.6) is 0 Å². The number of benzene rings is 1. The molecule has 0 aliphatic heterocycles. The number of aromatic nitrogens is 2. The third kappa shape index (κ3) is 3.35. The summed E-state index contributed by atoms with van der Waals surface area (Å²) in [6, 6.07) is 14.4. The number of nitrogens with zero attached hydrogens (tertiary/aromatic N) is 2. The van der Waals surface area contributed by atoms with Crippen molar-refractivity contribution in [2.75, 3.05) is 6.54 Å². The molecule has 21 heavy (non-hydrogen) atoms. The van der Waals surface area contributed by atoms with E-state index in [0.29, 0.717) is 6.54 Å². The smallest absolute Gasteiger partial charge is 0.0979 e. The second kappa shape index (κ2) is 6.61. The van der Waals surface area contributed by atoms with Crippen LogP contribution in [0.4, 0.5) is 0 Å². The number of hydrogen-bond donors (Lipinski definition) is 1. The highest BCUT2D eigenvalue weighted by molar-refractivity contribution is 7.12. The summed E-state index contributed by atoms with van der Waals surface area (Å²) in [5.41, 5.74) is 9.19. The lowest BCUT2D eigenvalue weighted by Crippen LogP contribution is -2.02. The van der Waals surface area contributed by atoms with Gasteiger partial charge in [-0.25, -0.2) is 4.98 Å². The molecule has 0 aliphatic rings. The van der Waals surface area contributed by atoms with Gasteiger partial charge in [0.15, 0.2) is 0 Å². The Labute approximate surface area is 128 Å². The molecule has 0 aliphatic carbocycles. The van der Waals surface area contributed by atoms with Gasteiger partial charge in [-0.1, -0.05) is 30.3 Å². The monoisotopic (exact) mass is 295 g/mol. The molecule has 2 N–H and O–H groups in total. The Morgan fingerprint density at radius 1 is 1.00 bits per heavy atom. The van der Waals surface area contributed by atoms with Gasteiger partial charge in [-0.3, -0.25) is 4.98 Å². The van der Waals surface area contributed by atoms with Gasteiger partial charge in [0.05, 0.1) is 10.7 Å². The van der Waals surface area contributed by atoms with E-state index in [1.54, 1.807) is 23.7 Å². The highest BCUT2D eigenvalue weighted by Crippen LogP contribution is 2.29. The molecule has 3 rings (SSSR count). The fourth-order valence-corrected chi connectivity index (χ4v) is 3.42. The second-order valence-corrected chi connectivity index (χ2v) is 5.98. The average molecular weight is 295 g/mol. The molecule has 2 heterocycles. The second-order valence-electron chi connectivity index (χ2n) is 4.82. The molecule has 0 saturated carbocycles. The summed E-state index contributed by atoms with van der Waals surface area (Å²) in [5, 5.41) is 1.14. The average Bonchev–Trinajstić information content (AvgIpc) is 2.92. The highest BCUT2D eigenvalue weighted by atomic mass is 32.1. The number of nitrogens with two attached hydrogens (primary N) is 1. The first-order chi connectivity index (χ1) is 10.4. The molecule has 0 saturated heterocycles. The van der Waals surface area contributed by atoms with Crippen molar-refractivity contribution in [2.45, 2.75) is 12.8 Å². The van der Waals surface area contributed by atoms with Crippen molar-refractivity contribution in [3.63, 3.8) is 0 Å². The molecule has 0 spiro atoms. The minimum atomic E-state index is 0.644. The van der Waals surface area contributed by atoms with E-state index in [0.717, 1.165) is 29.1 Å². The van der Waals surface area contributed by atoms with Crippen LogP contribution in [0.3, 0.4) is 0 Å². The van der Waals surface area contributed by atoms with Crippen LogP contribution in [0.15, 0.2) is 54.9 Å². The van der Waals surface area contributed by atoms with Crippen molar-refractivity contribution in [3.8, 4) is 11.3 Å². The summed E-state index contributed by atoms with van der Waals surface area (Å²) in [6.07, 6.45) is 5.34. The Hall–Kier alpha value is -2.04. The van der Waals surface area contributed by atoms with E-state index in [1.165, 1.54) is 10.4 Å². The zero-order valence-corrected chi connectivity index (χ0v) is 12.5. The van der Waals surface area contributed by atoms with Gasteiger partial charge in [0.1, 0.15) is 0 Å². The molecule has 2 aromatic heterocycles. The number of thiazole rings is 1. The molecule has 0 fully saturated rings. The lowest BCUT2D eigenvalue weighted by molar-refractivity contribution is 0.985. The largest absolute Gasteiger partial charge is 0.330 e. The lowest BCUT2D eigenvalue weighted by atomic mass is 10.1. The first kappa shape index (κ1) is 13.9. The van der Waals surface area contributed by atoms with E-state index in [-0.39, 0.29) is 0 Å². The summed E-state index contributed by atoms with van der Waals surface area (Å²) < 4.78 is 0. The van der Waals surface area contributed by atoms with E-state index in [2.05, 4.69) is 29.2 Å². The predicted molar refractivity (Wildman–Crippen MR) is 87.4 cm³/mol. The standard InChI is InChI=1S/C17H17N3S/c18-9-6-15-17(14-7-10-19-11-8-14)20-16(21-15)12-13-4-2-1-3-5-13/h1-5,7-8,10-11H,6,9,12,18H2. The van der Waals surface area contributed by atoms with Crippen LogP contribution in [0, 0.1) is 0 Å². The molecular formula is C17H17N3S. The molecule has 0 amide bonds. The van der Waals surface area contributed by atoms with Gasteiger partial charge < -0.3 is 5.73 Å². The molecule has 3 nitrogen and oxygen atoms in total. The van der Waals surface area contributed by atoms with Crippen molar-refractivity contribution in [3.05, 3.63) is 70.3 Å². The first-order valence-electron chi connectivity index (χ1n) is 7.00. The van der Waals surface area contributed by atoms with Crippen LogP contribution in [0.2, 0.25) is 0 Å². The normalized spacial score (nSPS) is 10.7. The van der Waals surface area contributed by atoms with Crippen LogP contribution < -0.4 is 5.73 Å². The third-order valence-corrected chi connectivity index (χ3v) is 4.38. The minimum absolute atomic E-state index is 0.644. The van der Waals surface area contributed by atoms with Crippen LogP contribution in [0.25, 0.3) is 11.3 Å². The fourth-order valence-electron chi connectivity index (χ4n) is 2.28. The highest BCUT2D eigenvalue weighted by Gasteiger charge is 2.12. The fraction of sp³-hybridized carbons (Fsp3) is 0.176. The number of hydrogen-bond acceptors (Lipinski definition) is 4. The van der Waals surface area contributed by atoms with Crippen LogP contribution in [-0.2, 0) is 12.8 Å². The van der Waals surface area contributed by atoms with Gasteiger partial charge in [-0.05, 0) is 30.7 Å². The Morgan fingerprint density at radius 2 is 1.76 bits per heavy atom. The minimum Gasteiger partial charge on any atom is -0.330 e. The van der Waals surface area contributed by atoms with Gasteiger partial charge >= 0.3 is 0 Å². The molecule has 106 valence electrons. The molecule has 0 bridgehead atoms. The van der Waals surface area contributed by atoms with Crippen molar-refractivity contribution < 1.29 is 0 Å².